The van der Waals surface area contributed by atoms with Crippen LogP contribution in [0.4, 0.5) is 0 Å². The summed E-state index contributed by atoms with van der Waals surface area (Å²) in [6.45, 7) is 10.7. The van der Waals surface area contributed by atoms with Gasteiger partial charge in [-0.25, -0.2) is 4.79 Å². The van der Waals surface area contributed by atoms with Gasteiger partial charge in [0.1, 0.15) is 0 Å². The maximum atomic E-state index is 10.5. The Hall–Kier alpha value is -1.09. The van der Waals surface area contributed by atoms with E-state index in [2.05, 4.69) is 33.8 Å². The van der Waals surface area contributed by atoms with E-state index >= 15 is 0 Å². The van der Waals surface area contributed by atoms with Crippen molar-refractivity contribution in [2.45, 2.75) is 72.3 Å². The Labute approximate surface area is 136 Å². The van der Waals surface area contributed by atoms with Gasteiger partial charge in [0.25, 0.3) is 0 Å². The number of rotatable bonds is 11. The number of carbonyl (C=O) groups is 1. The molecule has 0 aromatic heterocycles. The lowest BCUT2D eigenvalue weighted by Crippen LogP contribution is -2.29. The SMILES string of the molecule is COC(C)(CCCC(C)C/C=C/C(C)=C/C(=O)O)CC(C)C. The average Bonchev–Trinajstić information content (AvgIpc) is 2.36. The van der Waals surface area contributed by atoms with Gasteiger partial charge in [-0.3, -0.25) is 0 Å². The van der Waals surface area contributed by atoms with E-state index in [4.69, 9.17) is 9.84 Å². The van der Waals surface area contributed by atoms with Gasteiger partial charge < -0.3 is 9.84 Å². The summed E-state index contributed by atoms with van der Waals surface area (Å²) in [4.78, 5) is 10.5. The van der Waals surface area contributed by atoms with Gasteiger partial charge in [-0.1, -0.05) is 45.8 Å². The predicted molar refractivity (Wildman–Crippen MR) is 93.0 cm³/mol. The molecule has 128 valence electrons. The zero-order chi connectivity index (χ0) is 17.2. The van der Waals surface area contributed by atoms with Crippen molar-refractivity contribution in [1.29, 1.82) is 0 Å². The zero-order valence-electron chi connectivity index (χ0n) is 15.2. The molecule has 0 bridgehead atoms. The van der Waals surface area contributed by atoms with Gasteiger partial charge in [0.2, 0.25) is 0 Å². The second kappa shape index (κ2) is 10.6. The zero-order valence-corrected chi connectivity index (χ0v) is 15.2. The third kappa shape index (κ3) is 10.6. The molecule has 0 aliphatic rings. The van der Waals surface area contributed by atoms with Gasteiger partial charge in [0.05, 0.1) is 5.60 Å². The van der Waals surface area contributed by atoms with Crippen LogP contribution in [-0.2, 0) is 9.53 Å². The molecule has 0 aromatic rings. The van der Waals surface area contributed by atoms with Gasteiger partial charge in [0, 0.05) is 13.2 Å². The molecule has 0 rings (SSSR count). The van der Waals surface area contributed by atoms with Gasteiger partial charge in [-0.15, -0.1) is 0 Å². The first-order chi connectivity index (χ1) is 10.2. The van der Waals surface area contributed by atoms with Crippen molar-refractivity contribution >= 4 is 5.97 Å². The fourth-order valence-electron chi connectivity index (χ4n) is 2.82. The summed E-state index contributed by atoms with van der Waals surface area (Å²) < 4.78 is 5.70. The summed E-state index contributed by atoms with van der Waals surface area (Å²) in [6, 6.07) is 0. The van der Waals surface area contributed by atoms with Crippen molar-refractivity contribution in [3.63, 3.8) is 0 Å². The third-order valence-electron chi connectivity index (χ3n) is 4.01. The molecular weight excluding hydrogens is 276 g/mol. The van der Waals surface area contributed by atoms with Gasteiger partial charge >= 0.3 is 5.97 Å². The summed E-state index contributed by atoms with van der Waals surface area (Å²) in [7, 11) is 1.81. The van der Waals surface area contributed by atoms with E-state index in [1.54, 1.807) is 0 Å². The number of aliphatic carboxylic acids is 1. The van der Waals surface area contributed by atoms with Crippen LogP contribution >= 0.6 is 0 Å². The minimum Gasteiger partial charge on any atom is -0.478 e. The van der Waals surface area contributed by atoms with Crippen LogP contribution in [0.3, 0.4) is 0 Å². The molecule has 2 unspecified atom stereocenters. The molecule has 0 saturated heterocycles. The first-order valence-electron chi connectivity index (χ1n) is 8.31. The minimum absolute atomic E-state index is 0.00939. The molecule has 2 atom stereocenters. The first kappa shape index (κ1) is 20.9. The Kier molecular flexibility index (Phi) is 10.1. The predicted octanol–water partition coefficient (Wildman–Crippen LogP) is 5.22. The van der Waals surface area contributed by atoms with Crippen molar-refractivity contribution in [2.24, 2.45) is 11.8 Å². The van der Waals surface area contributed by atoms with Crippen molar-refractivity contribution in [3.8, 4) is 0 Å². The molecule has 0 aromatic carbocycles. The molecule has 0 aliphatic carbocycles. The standard InChI is InChI=1S/C19H34O3/c1-15(2)14-19(5,22-6)12-8-11-16(3)9-7-10-17(4)13-18(20)21/h7,10,13,15-16H,8-9,11-12,14H2,1-6H3,(H,20,21)/b10-7+,17-13+. The number of allylic oxidation sites excluding steroid dienone is 3. The summed E-state index contributed by atoms with van der Waals surface area (Å²) in [6.07, 6.45) is 10.7. The smallest absolute Gasteiger partial charge is 0.328 e. The van der Waals surface area contributed by atoms with E-state index < -0.39 is 5.97 Å². The van der Waals surface area contributed by atoms with Crippen LogP contribution in [0.25, 0.3) is 0 Å². The van der Waals surface area contributed by atoms with Crippen LogP contribution in [0.5, 0.6) is 0 Å². The molecule has 0 amide bonds. The maximum Gasteiger partial charge on any atom is 0.328 e. The molecule has 22 heavy (non-hydrogen) atoms. The first-order valence-corrected chi connectivity index (χ1v) is 8.31. The summed E-state index contributed by atoms with van der Waals surface area (Å²) in [5.41, 5.74) is 0.772. The molecule has 0 aliphatic heterocycles. The molecule has 3 nitrogen and oxygen atoms in total. The van der Waals surface area contributed by atoms with Crippen molar-refractivity contribution in [2.75, 3.05) is 7.11 Å². The quantitative estimate of drug-likeness (QED) is 0.420. The lowest BCUT2D eigenvalue weighted by Gasteiger charge is -2.30. The monoisotopic (exact) mass is 310 g/mol. The van der Waals surface area contributed by atoms with Crippen LogP contribution in [0.15, 0.2) is 23.8 Å². The highest BCUT2D eigenvalue weighted by Crippen LogP contribution is 2.27. The summed E-state index contributed by atoms with van der Waals surface area (Å²) in [5, 5.41) is 8.65. The Morgan fingerprint density at radius 1 is 1.32 bits per heavy atom. The Balaban J connectivity index is 4.11. The van der Waals surface area contributed by atoms with E-state index in [0.717, 1.165) is 31.3 Å². The normalized spacial score (nSPS) is 17.0. The Bertz CT molecular complexity index is 382. The molecule has 1 N–H and O–H groups in total. The highest BCUT2D eigenvalue weighted by atomic mass is 16.5. The lowest BCUT2D eigenvalue weighted by molar-refractivity contribution is -0.131. The van der Waals surface area contributed by atoms with Crippen molar-refractivity contribution in [3.05, 3.63) is 23.8 Å². The van der Waals surface area contributed by atoms with Crippen molar-refractivity contribution < 1.29 is 14.6 Å². The van der Waals surface area contributed by atoms with E-state index in [9.17, 15) is 4.79 Å². The Morgan fingerprint density at radius 3 is 2.45 bits per heavy atom. The number of carboxylic acids is 1. The number of methoxy groups -OCH3 is 1. The Morgan fingerprint density at radius 2 is 1.95 bits per heavy atom. The largest absolute Gasteiger partial charge is 0.478 e. The molecule has 0 heterocycles. The van der Waals surface area contributed by atoms with Gasteiger partial charge in [-0.2, -0.15) is 0 Å². The van der Waals surface area contributed by atoms with Crippen LogP contribution in [-0.4, -0.2) is 23.8 Å². The third-order valence-corrected chi connectivity index (χ3v) is 4.01. The minimum atomic E-state index is -0.890. The second-order valence-electron chi connectivity index (χ2n) is 7.11. The lowest BCUT2D eigenvalue weighted by atomic mass is 9.87. The number of carboxylic acid groups (broad SMARTS) is 1. The van der Waals surface area contributed by atoms with Crippen LogP contribution in [0.2, 0.25) is 0 Å². The maximum absolute atomic E-state index is 10.5. The van der Waals surface area contributed by atoms with E-state index in [1.165, 1.54) is 12.5 Å². The molecule has 0 saturated carbocycles. The highest BCUT2D eigenvalue weighted by Gasteiger charge is 2.24. The van der Waals surface area contributed by atoms with Crippen LogP contribution in [0.1, 0.15) is 66.7 Å². The number of hydrogen-bond donors (Lipinski definition) is 1. The number of ether oxygens (including phenoxy) is 1. The number of hydrogen-bond acceptors (Lipinski definition) is 2. The van der Waals surface area contributed by atoms with Crippen LogP contribution in [0, 0.1) is 11.8 Å². The molecule has 0 spiro atoms. The van der Waals surface area contributed by atoms with Crippen LogP contribution < -0.4 is 0 Å². The topological polar surface area (TPSA) is 46.5 Å². The molecular formula is C19H34O3. The van der Waals surface area contributed by atoms with E-state index in [-0.39, 0.29) is 5.60 Å². The second-order valence-corrected chi connectivity index (χ2v) is 7.11. The van der Waals surface area contributed by atoms with E-state index in [1.807, 2.05) is 20.1 Å². The van der Waals surface area contributed by atoms with E-state index in [0.29, 0.717) is 11.8 Å². The van der Waals surface area contributed by atoms with Crippen molar-refractivity contribution in [1.82, 2.24) is 0 Å². The fraction of sp³-hybridized carbons (Fsp3) is 0.737. The van der Waals surface area contributed by atoms with Gasteiger partial charge in [-0.05, 0) is 50.5 Å². The molecule has 3 heteroatoms. The van der Waals surface area contributed by atoms with Gasteiger partial charge in [0.15, 0.2) is 0 Å². The average molecular weight is 310 g/mol. The molecule has 0 fully saturated rings. The summed E-state index contributed by atoms with van der Waals surface area (Å²) in [5.74, 6) is 0.363. The molecule has 0 radical (unpaired) electrons. The highest BCUT2D eigenvalue weighted by molar-refractivity contribution is 5.81. The fourth-order valence-corrected chi connectivity index (χ4v) is 2.82. The summed E-state index contributed by atoms with van der Waals surface area (Å²) >= 11 is 0.